The second-order valence-electron chi connectivity index (χ2n) is 8.19. The number of carbonyl (C=O) groups excluding carboxylic acids is 1. The Kier molecular flexibility index (Phi) is 6.78. The molecular weight excluding hydrogens is 376 g/mol. The Labute approximate surface area is 168 Å². The lowest BCUT2D eigenvalue weighted by atomic mass is 10.0. The molecule has 0 radical (unpaired) electrons. The van der Waals surface area contributed by atoms with E-state index in [0.29, 0.717) is 37.1 Å². The van der Waals surface area contributed by atoms with E-state index < -0.39 is 16.1 Å². The van der Waals surface area contributed by atoms with Gasteiger partial charge in [-0.2, -0.15) is 4.31 Å². The monoisotopic (exact) mass is 408 g/mol. The van der Waals surface area contributed by atoms with E-state index in [1.807, 2.05) is 0 Å². The molecule has 0 saturated carbocycles. The summed E-state index contributed by atoms with van der Waals surface area (Å²) in [5.74, 6) is 0.480. The number of rotatable bonds is 7. The minimum atomic E-state index is -3.44. The van der Waals surface area contributed by atoms with Crippen molar-refractivity contribution in [2.75, 3.05) is 31.1 Å². The van der Waals surface area contributed by atoms with Crippen LogP contribution in [0.4, 0.5) is 5.69 Å². The largest absolute Gasteiger partial charge is 0.369 e. The van der Waals surface area contributed by atoms with Gasteiger partial charge in [-0.15, -0.1) is 0 Å². The average Bonchev–Trinajstić information content (AvgIpc) is 3.21. The van der Waals surface area contributed by atoms with E-state index >= 15 is 0 Å². The van der Waals surface area contributed by atoms with Crippen LogP contribution in [0, 0.1) is 5.92 Å². The average molecular weight is 409 g/mol. The highest BCUT2D eigenvalue weighted by Crippen LogP contribution is 2.31. The van der Waals surface area contributed by atoms with Crippen molar-refractivity contribution in [3.63, 3.8) is 0 Å². The van der Waals surface area contributed by atoms with Gasteiger partial charge in [0.05, 0.1) is 4.90 Å². The topological polar surface area (TPSA) is 66.9 Å². The number of aryl methyl sites for hydroxylation is 1. The number of anilines is 1. The van der Waals surface area contributed by atoms with Gasteiger partial charge in [-0.05, 0) is 68.7 Å². The molecule has 7 heteroatoms. The molecule has 6 nitrogen and oxygen atoms in total. The normalized spacial score (nSPS) is 19.1. The standard InChI is InChI=1S/C21H32N2O4S/c1-16(2)10-14-27-17(3)21(24)23-13-6-7-18-15-19(8-9-20(18)23)28(25,26)22-11-4-5-12-22/h8-9,15-17H,4-7,10-14H2,1-3H3. The first-order chi connectivity index (χ1) is 13.3. The lowest BCUT2D eigenvalue weighted by Gasteiger charge is -2.32. The van der Waals surface area contributed by atoms with Gasteiger partial charge in [0.1, 0.15) is 6.10 Å². The molecule has 2 heterocycles. The summed E-state index contributed by atoms with van der Waals surface area (Å²) in [6.45, 7) is 8.45. The fourth-order valence-corrected chi connectivity index (χ4v) is 5.38. The summed E-state index contributed by atoms with van der Waals surface area (Å²) in [6, 6.07) is 5.19. The minimum Gasteiger partial charge on any atom is -0.369 e. The number of benzene rings is 1. The molecule has 28 heavy (non-hydrogen) atoms. The summed E-state index contributed by atoms with van der Waals surface area (Å²) < 4.78 is 33.0. The van der Waals surface area contributed by atoms with Crippen LogP contribution in [0.25, 0.3) is 0 Å². The van der Waals surface area contributed by atoms with Crippen molar-refractivity contribution in [3.8, 4) is 0 Å². The number of carbonyl (C=O) groups is 1. The predicted octanol–water partition coefficient (Wildman–Crippen LogP) is 3.20. The number of fused-ring (bicyclic) bond motifs is 1. The summed E-state index contributed by atoms with van der Waals surface area (Å²) >= 11 is 0. The fraction of sp³-hybridized carbons (Fsp3) is 0.667. The fourth-order valence-electron chi connectivity index (χ4n) is 3.81. The summed E-state index contributed by atoms with van der Waals surface area (Å²) in [7, 11) is -3.44. The molecule has 0 aliphatic carbocycles. The molecule has 0 bridgehead atoms. The third-order valence-corrected chi connectivity index (χ3v) is 7.44. The van der Waals surface area contributed by atoms with Gasteiger partial charge >= 0.3 is 0 Å². The Bertz CT molecular complexity index is 801. The van der Waals surface area contributed by atoms with Crippen LogP contribution in [0.2, 0.25) is 0 Å². The molecule has 156 valence electrons. The van der Waals surface area contributed by atoms with Gasteiger partial charge in [0, 0.05) is 31.9 Å². The Balaban J connectivity index is 1.76. The van der Waals surface area contributed by atoms with Crippen LogP contribution < -0.4 is 4.90 Å². The number of sulfonamides is 1. The summed E-state index contributed by atoms with van der Waals surface area (Å²) in [4.78, 5) is 15.0. The molecule has 3 rings (SSSR count). The zero-order valence-corrected chi connectivity index (χ0v) is 18.0. The number of nitrogens with zero attached hydrogens (tertiary/aromatic N) is 2. The second kappa shape index (κ2) is 8.93. The number of hydrogen-bond acceptors (Lipinski definition) is 4. The van der Waals surface area contributed by atoms with Crippen molar-refractivity contribution in [1.29, 1.82) is 0 Å². The molecule has 1 unspecified atom stereocenters. The van der Waals surface area contributed by atoms with Gasteiger partial charge in [-0.3, -0.25) is 4.79 Å². The molecule has 1 aromatic rings. The third kappa shape index (κ3) is 4.58. The number of hydrogen-bond donors (Lipinski definition) is 0. The Morgan fingerprint density at radius 1 is 1.11 bits per heavy atom. The maximum absolute atomic E-state index is 12.9. The molecule has 0 N–H and O–H groups in total. The van der Waals surface area contributed by atoms with Crippen LogP contribution in [0.3, 0.4) is 0 Å². The molecule has 1 atom stereocenters. The Morgan fingerprint density at radius 3 is 2.50 bits per heavy atom. The van der Waals surface area contributed by atoms with Gasteiger partial charge < -0.3 is 9.64 Å². The first kappa shape index (κ1) is 21.3. The maximum Gasteiger partial charge on any atom is 0.255 e. The van der Waals surface area contributed by atoms with Gasteiger partial charge in [-0.25, -0.2) is 8.42 Å². The molecule has 1 fully saturated rings. The zero-order chi connectivity index (χ0) is 20.3. The van der Waals surface area contributed by atoms with Gasteiger partial charge in [0.15, 0.2) is 0 Å². The van der Waals surface area contributed by atoms with Crippen LogP contribution in [0.1, 0.15) is 52.0 Å². The van der Waals surface area contributed by atoms with Gasteiger partial charge in [0.2, 0.25) is 10.0 Å². The summed E-state index contributed by atoms with van der Waals surface area (Å²) in [5.41, 5.74) is 1.74. The molecular formula is C21H32N2O4S. The van der Waals surface area contributed by atoms with E-state index in [9.17, 15) is 13.2 Å². The van der Waals surface area contributed by atoms with Gasteiger partial charge in [-0.1, -0.05) is 13.8 Å². The maximum atomic E-state index is 12.9. The lowest BCUT2D eigenvalue weighted by molar-refractivity contribution is -0.129. The van der Waals surface area contributed by atoms with E-state index in [0.717, 1.165) is 43.4 Å². The van der Waals surface area contributed by atoms with Crippen molar-refractivity contribution < 1.29 is 17.9 Å². The number of ether oxygens (including phenoxy) is 1. The second-order valence-corrected chi connectivity index (χ2v) is 10.1. The SMILES string of the molecule is CC(C)CCOC(C)C(=O)N1CCCc2cc(S(=O)(=O)N3CCCC3)ccc21. The molecule has 1 saturated heterocycles. The Morgan fingerprint density at radius 2 is 1.82 bits per heavy atom. The van der Waals surface area contributed by atoms with E-state index in [4.69, 9.17) is 4.74 Å². The summed E-state index contributed by atoms with van der Waals surface area (Å²) in [5, 5.41) is 0. The lowest BCUT2D eigenvalue weighted by Crippen LogP contribution is -2.42. The van der Waals surface area contributed by atoms with E-state index in [-0.39, 0.29) is 5.91 Å². The molecule has 1 amide bonds. The van der Waals surface area contributed by atoms with E-state index in [1.54, 1.807) is 34.3 Å². The van der Waals surface area contributed by atoms with Crippen molar-refractivity contribution in [3.05, 3.63) is 23.8 Å². The smallest absolute Gasteiger partial charge is 0.255 e. The molecule has 2 aliphatic rings. The third-order valence-electron chi connectivity index (χ3n) is 5.55. The van der Waals surface area contributed by atoms with Crippen LogP contribution >= 0.6 is 0 Å². The van der Waals surface area contributed by atoms with E-state index in [2.05, 4.69) is 13.8 Å². The van der Waals surface area contributed by atoms with Crippen LogP contribution in [0.15, 0.2) is 23.1 Å². The first-order valence-electron chi connectivity index (χ1n) is 10.4. The van der Waals surface area contributed by atoms with Crippen molar-refractivity contribution in [2.45, 2.75) is 63.9 Å². The zero-order valence-electron chi connectivity index (χ0n) is 17.2. The highest BCUT2D eigenvalue weighted by Gasteiger charge is 2.31. The predicted molar refractivity (Wildman–Crippen MR) is 110 cm³/mol. The van der Waals surface area contributed by atoms with Crippen LogP contribution in [0.5, 0.6) is 0 Å². The molecule has 2 aliphatic heterocycles. The van der Waals surface area contributed by atoms with Crippen molar-refractivity contribution in [2.24, 2.45) is 5.92 Å². The quantitative estimate of drug-likeness (QED) is 0.695. The van der Waals surface area contributed by atoms with Crippen molar-refractivity contribution >= 4 is 21.6 Å². The van der Waals surface area contributed by atoms with Crippen molar-refractivity contribution in [1.82, 2.24) is 4.31 Å². The summed E-state index contributed by atoms with van der Waals surface area (Å²) in [6.07, 6.45) is 3.86. The molecule has 0 aromatic heterocycles. The number of amides is 1. The minimum absolute atomic E-state index is 0.0557. The first-order valence-corrected chi connectivity index (χ1v) is 11.8. The molecule has 0 spiro atoms. The van der Waals surface area contributed by atoms with Crippen LogP contribution in [-0.4, -0.2) is 51.0 Å². The highest BCUT2D eigenvalue weighted by atomic mass is 32.2. The van der Waals surface area contributed by atoms with E-state index in [1.165, 1.54) is 0 Å². The van der Waals surface area contributed by atoms with Crippen LogP contribution in [-0.2, 0) is 26.0 Å². The Hall–Kier alpha value is -1.44. The molecule has 1 aromatic carbocycles. The van der Waals surface area contributed by atoms with Gasteiger partial charge in [0.25, 0.3) is 5.91 Å². The highest BCUT2D eigenvalue weighted by molar-refractivity contribution is 7.89.